The van der Waals surface area contributed by atoms with Gasteiger partial charge in [-0.25, -0.2) is 0 Å². The van der Waals surface area contributed by atoms with Crippen molar-refractivity contribution in [3.8, 4) is 0 Å². The lowest BCUT2D eigenvalue weighted by Crippen LogP contribution is -2.57. The zero-order valence-electron chi connectivity index (χ0n) is 16.8. The second kappa shape index (κ2) is 7.75. The van der Waals surface area contributed by atoms with Gasteiger partial charge in [-0.1, -0.05) is 32.0 Å². The number of fused-ring (bicyclic) bond motifs is 1. The highest BCUT2D eigenvalue weighted by atomic mass is 16.5. The predicted molar refractivity (Wildman–Crippen MR) is 106 cm³/mol. The molecule has 1 amide bonds. The van der Waals surface area contributed by atoms with Crippen LogP contribution in [0.3, 0.4) is 0 Å². The van der Waals surface area contributed by atoms with Gasteiger partial charge < -0.3 is 15.0 Å². The number of rotatable bonds is 5. The molecule has 0 radical (unpaired) electrons. The van der Waals surface area contributed by atoms with Crippen molar-refractivity contribution in [2.24, 2.45) is 0 Å². The van der Waals surface area contributed by atoms with Crippen LogP contribution in [0.4, 0.5) is 5.69 Å². The van der Waals surface area contributed by atoms with Crippen molar-refractivity contribution in [1.82, 2.24) is 10.2 Å². The Kier molecular flexibility index (Phi) is 5.56. The molecule has 2 heterocycles. The van der Waals surface area contributed by atoms with E-state index in [1.807, 2.05) is 30.1 Å². The zero-order chi connectivity index (χ0) is 20.5. The van der Waals surface area contributed by atoms with Crippen LogP contribution in [0.1, 0.15) is 25.8 Å². The Bertz CT molecular complexity index is 831. The number of methoxy groups -OCH3 is 1. The summed E-state index contributed by atoms with van der Waals surface area (Å²) in [4.78, 5) is 40.5. The number of piperazine rings is 1. The van der Waals surface area contributed by atoms with Gasteiger partial charge >= 0.3 is 5.97 Å². The van der Waals surface area contributed by atoms with E-state index < -0.39 is 12.0 Å². The van der Waals surface area contributed by atoms with Crippen molar-refractivity contribution in [2.75, 3.05) is 38.7 Å². The van der Waals surface area contributed by atoms with Crippen LogP contribution in [-0.4, -0.2) is 62.4 Å². The SMILES string of the molecule is COC(=O)CC1C(=O)NCCN1CC(=O)/C=C1/N(C)c2ccccc2C1(C)C. The molecule has 0 aliphatic carbocycles. The average molecular weight is 385 g/mol. The van der Waals surface area contributed by atoms with Crippen LogP contribution < -0.4 is 10.2 Å². The molecule has 1 N–H and O–H groups in total. The number of amides is 1. The molecule has 0 aromatic heterocycles. The summed E-state index contributed by atoms with van der Waals surface area (Å²) in [6.45, 7) is 5.25. The van der Waals surface area contributed by atoms with Crippen LogP contribution in [-0.2, 0) is 24.5 Å². The molecule has 28 heavy (non-hydrogen) atoms. The molecule has 0 spiro atoms. The maximum atomic E-state index is 12.9. The summed E-state index contributed by atoms with van der Waals surface area (Å²) in [6, 6.07) is 7.43. The van der Waals surface area contributed by atoms with Crippen molar-refractivity contribution in [1.29, 1.82) is 0 Å². The molecular formula is C21H27N3O4. The number of carbonyl (C=O) groups is 3. The first-order chi connectivity index (χ1) is 13.3. The van der Waals surface area contributed by atoms with Crippen molar-refractivity contribution >= 4 is 23.3 Å². The fraction of sp³-hybridized carbons (Fsp3) is 0.476. The molecule has 7 nitrogen and oxygen atoms in total. The van der Waals surface area contributed by atoms with Crippen LogP contribution in [0.5, 0.6) is 0 Å². The first-order valence-electron chi connectivity index (χ1n) is 9.42. The molecular weight excluding hydrogens is 358 g/mol. The Hall–Kier alpha value is -2.67. The lowest BCUT2D eigenvalue weighted by Gasteiger charge is -2.33. The Balaban J connectivity index is 1.79. The Labute approximate surface area is 165 Å². The summed E-state index contributed by atoms with van der Waals surface area (Å²) in [5.74, 6) is -0.805. The molecule has 2 aliphatic rings. The molecule has 1 fully saturated rings. The molecule has 1 unspecified atom stereocenters. The van der Waals surface area contributed by atoms with Gasteiger partial charge in [0.05, 0.1) is 20.1 Å². The average Bonchev–Trinajstić information content (AvgIpc) is 2.85. The molecule has 150 valence electrons. The number of nitrogens with zero attached hydrogens (tertiary/aromatic N) is 2. The molecule has 1 aromatic carbocycles. The van der Waals surface area contributed by atoms with Crippen molar-refractivity contribution < 1.29 is 19.1 Å². The van der Waals surface area contributed by atoms with Crippen LogP contribution in [0, 0.1) is 0 Å². The smallest absolute Gasteiger partial charge is 0.307 e. The third-order valence-electron chi connectivity index (χ3n) is 5.63. The molecule has 1 atom stereocenters. The molecule has 0 bridgehead atoms. The van der Waals surface area contributed by atoms with Gasteiger partial charge in [-0.05, 0) is 11.6 Å². The molecule has 2 aliphatic heterocycles. The highest BCUT2D eigenvalue weighted by Crippen LogP contribution is 2.46. The monoisotopic (exact) mass is 385 g/mol. The van der Waals surface area contributed by atoms with E-state index in [4.69, 9.17) is 4.74 Å². The van der Waals surface area contributed by atoms with Crippen molar-refractivity contribution in [3.05, 3.63) is 41.6 Å². The maximum absolute atomic E-state index is 12.9. The lowest BCUT2D eigenvalue weighted by atomic mass is 9.83. The van der Waals surface area contributed by atoms with E-state index in [1.54, 1.807) is 11.0 Å². The summed E-state index contributed by atoms with van der Waals surface area (Å²) in [7, 11) is 3.25. The second-order valence-corrected chi connectivity index (χ2v) is 7.75. The van der Waals surface area contributed by atoms with E-state index in [0.29, 0.717) is 13.1 Å². The van der Waals surface area contributed by atoms with E-state index in [-0.39, 0.29) is 30.1 Å². The van der Waals surface area contributed by atoms with Gasteiger partial charge in [0.25, 0.3) is 0 Å². The topological polar surface area (TPSA) is 79.0 Å². The highest BCUT2D eigenvalue weighted by molar-refractivity contribution is 5.95. The van der Waals surface area contributed by atoms with E-state index in [9.17, 15) is 14.4 Å². The van der Waals surface area contributed by atoms with Gasteiger partial charge in [0.2, 0.25) is 5.91 Å². The number of para-hydroxylation sites is 1. The first kappa shape index (κ1) is 20.1. The van der Waals surface area contributed by atoms with Crippen LogP contribution in [0.15, 0.2) is 36.0 Å². The van der Waals surface area contributed by atoms with Gasteiger partial charge in [0.1, 0.15) is 6.04 Å². The van der Waals surface area contributed by atoms with Gasteiger partial charge in [-0.2, -0.15) is 0 Å². The first-order valence-corrected chi connectivity index (χ1v) is 9.42. The number of likely N-dealkylation sites (N-methyl/N-ethyl adjacent to an activating group) is 1. The number of ketones is 1. The Morgan fingerprint density at radius 1 is 1.32 bits per heavy atom. The standard InChI is InChI=1S/C21H27N3O4/c1-21(2)15-7-5-6-8-16(15)23(3)18(21)11-14(25)13-24-10-9-22-20(27)17(24)12-19(26)28-4/h5-8,11,17H,9-10,12-13H2,1-4H3,(H,22,27)/b18-11+. The summed E-state index contributed by atoms with van der Waals surface area (Å²) in [5, 5.41) is 2.75. The molecule has 7 heteroatoms. The number of esters is 1. The van der Waals surface area contributed by atoms with E-state index in [1.165, 1.54) is 12.7 Å². The zero-order valence-corrected chi connectivity index (χ0v) is 16.8. The third-order valence-corrected chi connectivity index (χ3v) is 5.63. The molecule has 1 saturated heterocycles. The molecule has 1 aromatic rings. The second-order valence-electron chi connectivity index (χ2n) is 7.75. The minimum Gasteiger partial charge on any atom is -0.469 e. The van der Waals surface area contributed by atoms with Crippen molar-refractivity contribution in [2.45, 2.75) is 31.7 Å². The quantitative estimate of drug-likeness (QED) is 0.607. The maximum Gasteiger partial charge on any atom is 0.307 e. The fourth-order valence-electron chi connectivity index (χ4n) is 4.07. The van der Waals surface area contributed by atoms with E-state index in [0.717, 1.165) is 11.4 Å². The predicted octanol–water partition coefficient (Wildman–Crippen LogP) is 1.23. The highest BCUT2D eigenvalue weighted by Gasteiger charge is 2.39. The van der Waals surface area contributed by atoms with E-state index in [2.05, 4.69) is 25.2 Å². The molecule has 3 rings (SSSR count). The third kappa shape index (κ3) is 3.67. The molecule has 0 saturated carbocycles. The lowest BCUT2D eigenvalue weighted by molar-refractivity contribution is -0.146. The number of nitrogens with one attached hydrogen (secondary N) is 1. The van der Waals surface area contributed by atoms with Gasteiger partial charge in [0, 0.05) is 43.0 Å². The number of anilines is 1. The van der Waals surface area contributed by atoms with Crippen LogP contribution in [0.25, 0.3) is 0 Å². The number of benzene rings is 1. The van der Waals surface area contributed by atoms with Crippen LogP contribution in [0.2, 0.25) is 0 Å². The number of hydrogen-bond acceptors (Lipinski definition) is 6. The number of carbonyl (C=O) groups excluding carboxylic acids is 3. The fourth-order valence-corrected chi connectivity index (χ4v) is 4.07. The van der Waals surface area contributed by atoms with Gasteiger partial charge in [0.15, 0.2) is 5.78 Å². The van der Waals surface area contributed by atoms with Gasteiger partial charge in [-0.15, -0.1) is 0 Å². The minimum absolute atomic E-state index is 0.0664. The number of hydrogen-bond donors (Lipinski definition) is 1. The number of ether oxygens (including phenoxy) is 1. The van der Waals surface area contributed by atoms with Gasteiger partial charge in [-0.3, -0.25) is 19.3 Å². The largest absolute Gasteiger partial charge is 0.469 e. The van der Waals surface area contributed by atoms with Crippen LogP contribution >= 0.6 is 0 Å². The Morgan fingerprint density at radius 2 is 2.04 bits per heavy atom. The summed E-state index contributed by atoms with van der Waals surface area (Å²) in [6.07, 6.45) is 1.60. The summed E-state index contributed by atoms with van der Waals surface area (Å²) < 4.78 is 4.69. The summed E-state index contributed by atoms with van der Waals surface area (Å²) in [5.41, 5.74) is 2.90. The van der Waals surface area contributed by atoms with E-state index >= 15 is 0 Å². The number of allylic oxidation sites excluding steroid dienone is 1. The normalized spacial score (nSPS) is 22.7. The Morgan fingerprint density at radius 3 is 2.71 bits per heavy atom. The summed E-state index contributed by atoms with van der Waals surface area (Å²) >= 11 is 0. The van der Waals surface area contributed by atoms with Crippen molar-refractivity contribution in [3.63, 3.8) is 0 Å². The minimum atomic E-state index is -0.685.